The lowest BCUT2D eigenvalue weighted by Gasteiger charge is -2.19. The molecule has 0 spiro atoms. The Labute approximate surface area is 95.3 Å². The molecule has 84 valence electrons. The topological polar surface area (TPSA) is 29.5 Å². The molecule has 3 nitrogen and oxygen atoms in total. The van der Waals surface area contributed by atoms with Crippen molar-refractivity contribution >= 4 is 17.5 Å². The number of hydrogen-bond acceptors (Lipinski definition) is 3. The van der Waals surface area contributed by atoms with Gasteiger partial charge in [0.25, 0.3) is 0 Å². The second kappa shape index (κ2) is 4.00. The van der Waals surface area contributed by atoms with Crippen LogP contribution in [0.3, 0.4) is 0 Å². The van der Waals surface area contributed by atoms with Gasteiger partial charge in [-0.3, -0.25) is 4.79 Å². The van der Waals surface area contributed by atoms with E-state index in [2.05, 4.69) is 0 Å². The average Bonchev–Trinajstić information content (AvgIpc) is 2.27. The molecule has 1 aromatic carbocycles. The van der Waals surface area contributed by atoms with Crippen LogP contribution in [0.5, 0.6) is 5.75 Å². The minimum atomic E-state index is 0.0703. The van der Waals surface area contributed by atoms with Gasteiger partial charge in [-0.15, -0.1) is 0 Å². The monoisotopic (exact) mass is 217 g/mol. The molecular weight excluding hydrogens is 202 g/mol. The van der Waals surface area contributed by atoms with Crippen LogP contribution in [0.4, 0.5) is 5.69 Å². The fraction of sp³-hybridized carbons (Fsp3) is 0.308. The lowest BCUT2D eigenvalue weighted by Crippen LogP contribution is -2.14. The third-order valence-electron chi connectivity index (χ3n) is 2.67. The van der Waals surface area contributed by atoms with Gasteiger partial charge in [-0.1, -0.05) is 0 Å². The van der Waals surface area contributed by atoms with Crippen LogP contribution in [0.25, 0.3) is 6.08 Å². The highest BCUT2D eigenvalue weighted by molar-refractivity contribution is 5.99. The van der Waals surface area contributed by atoms with Gasteiger partial charge in [-0.25, -0.2) is 0 Å². The maximum atomic E-state index is 11.3. The van der Waals surface area contributed by atoms with E-state index in [-0.39, 0.29) is 5.78 Å². The largest absolute Gasteiger partial charge is 0.488 e. The quantitative estimate of drug-likeness (QED) is 0.760. The van der Waals surface area contributed by atoms with Gasteiger partial charge >= 0.3 is 0 Å². The molecule has 0 aliphatic carbocycles. The molecule has 0 saturated heterocycles. The summed E-state index contributed by atoms with van der Waals surface area (Å²) in [6.07, 6.45) is 1.91. The molecule has 0 amide bonds. The van der Waals surface area contributed by atoms with Gasteiger partial charge in [-0.2, -0.15) is 0 Å². The van der Waals surface area contributed by atoms with E-state index in [0.717, 1.165) is 22.6 Å². The number of Topliss-reactive ketones (excluding diaryl/α,β-unsaturated/α-hetero) is 1. The summed E-state index contributed by atoms with van der Waals surface area (Å²) < 4.78 is 5.52. The number of carbonyl (C=O) groups is 1. The zero-order chi connectivity index (χ0) is 11.7. The van der Waals surface area contributed by atoms with E-state index in [4.69, 9.17) is 4.74 Å². The molecule has 3 heteroatoms. The standard InChI is InChI=1S/C13H15NO2/c1-9(15)11-6-10-7-12(14(2)3)4-5-13(10)16-8-11/h4-7H,8H2,1-3H3. The number of rotatable bonds is 2. The maximum Gasteiger partial charge on any atom is 0.159 e. The zero-order valence-corrected chi connectivity index (χ0v) is 9.78. The van der Waals surface area contributed by atoms with Crippen LogP contribution in [0.2, 0.25) is 0 Å². The van der Waals surface area contributed by atoms with Crippen molar-refractivity contribution in [2.45, 2.75) is 6.92 Å². The SMILES string of the molecule is CC(=O)C1=Cc2cc(N(C)C)ccc2OC1. The molecular formula is C13H15NO2. The van der Waals surface area contributed by atoms with Crippen LogP contribution < -0.4 is 9.64 Å². The van der Waals surface area contributed by atoms with Crippen molar-refractivity contribution in [2.24, 2.45) is 0 Å². The molecule has 0 fully saturated rings. The molecule has 1 aromatic rings. The summed E-state index contributed by atoms with van der Waals surface area (Å²) in [6, 6.07) is 5.97. The van der Waals surface area contributed by atoms with E-state index < -0.39 is 0 Å². The van der Waals surface area contributed by atoms with E-state index in [9.17, 15) is 4.79 Å². The molecule has 0 radical (unpaired) electrons. The second-order valence-electron chi connectivity index (χ2n) is 4.13. The van der Waals surface area contributed by atoms with Crippen molar-refractivity contribution in [1.29, 1.82) is 0 Å². The minimum absolute atomic E-state index is 0.0703. The highest BCUT2D eigenvalue weighted by Gasteiger charge is 2.14. The van der Waals surface area contributed by atoms with Crippen molar-refractivity contribution in [3.63, 3.8) is 0 Å². The lowest BCUT2D eigenvalue weighted by atomic mass is 10.0. The number of ether oxygens (including phenoxy) is 1. The van der Waals surface area contributed by atoms with Crippen molar-refractivity contribution in [3.8, 4) is 5.75 Å². The Balaban J connectivity index is 2.43. The predicted octanol–water partition coefficient (Wildman–Crippen LogP) is 2.12. The normalized spacial score (nSPS) is 13.6. The number of ketones is 1. The Morgan fingerprint density at radius 1 is 1.38 bits per heavy atom. The minimum Gasteiger partial charge on any atom is -0.488 e. The summed E-state index contributed by atoms with van der Waals surface area (Å²) in [5, 5.41) is 0. The van der Waals surface area contributed by atoms with Gasteiger partial charge in [-0.05, 0) is 31.2 Å². The lowest BCUT2D eigenvalue weighted by molar-refractivity contribution is -0.113. The van der Waals surface area contributed by atoms with Gasteiger partial charge in [0, 0.05) is 30.9 Å². The third kappa shape index (κ3) is 1.94. The fourth-order valence-electron chi connectivity index (χ4n) is 1.65. The van der Waals surface area contributed by atoms with Crippen molar-refractivity contribution in [3.05, 3.63) is 29.3 Å². The van der Waals surface area contributed by atoms with Crippen LogP contribution >= 0.6 is 0 Å². The highest BCUT2D eigenvalue weighted by atomic mass is 16.5. The van der Waals surface area contributed by atoms with Crippen LogP contribution in [0.15, 0.2) is 23.8 Å². The summed E-state index contributed by atoms with van der Waals surface area (Å²) in [5.41, 5.74) is 2.80. The second-order valence-corrected chi connectivity index (χ2v) is 4.13. The smallest absolute Gasteiger partial charge is 0.159 e. The first kappa shape index (κ1) is 10.7. The molecule has 0 saturated carbocycles. The number of carbonyl (C=O) groups excluding carboxylic acids is 1. The first-order valence-electron chi connectivity index (χ1n) is 5.23. The molecule has 0 unspecified atom stereocenters. The summed E-state index contributed by atoms with van der Waals surface area (Å²) in [4.78, 5) is 13.3. The molecule has 1 aliphatic rings. The first-order chi connectivity index (χ1) is 7.58. The predicted molar refractivity (Wildman–Crippen MR) is 64.9 cm³/mol. The van der Waals surface area contributed by atoms with E-state index in [1.165, 1.54) is 0 Å². The van der Waals surface area contributed by atoms with Gasteiger partial charge in [0.2, 0.25) is 0 Å². The van der Waals surface area contributed by atoms with Crippen molar-refractivity contribution in [1.82, 2.24) is 0 Å². The van der Waals surface area contributed by atoms with Gasteiger partial charge < -0.3 is 9.64 Å². The summed E-state index contributed by atoms with van der Waals surface area (Å²) in [6.45, 7) is 1.94. The van der Waals surface area contributed by atoms with E-state index in [1.807, 2.05) is 43.3 Å². The molecule has 1 heterocycles. The molecule has 0 aromatic heterocycles. The zero-order valence-electron chi connectivity index (χ0n) is 9.78. The molecule has 0 N–H and O–H groups in total. The van der Waals surface area contributed by atoms with Crippen LogP contribution in [0, 0.1) is 0 Å². The van der Waals surface area contributed by atoms with Gasteiger partial charge in [0.1, 0.15) is 12.4 Å². The molecule has 1 aliphatic heterocycles. The Morgan fingerprint density at radius 2 is 2.12 bits per heavy atom. The van der Waals surface area contributed by atoms with Gasteiger partial charge in [0.05, 0.1) is 0 Å². The van der Waals surface area contributed by atoms with E-state index in [1.54, 1.807) is 6.92 Å². The summed E-state index contributed by atoms with van der Waals surface area (Å²) in [7, 11) is 3.97. The van der Waals surface area contributed by atoms with Crippen LogP contribution in [0.1, 0.15) is 12.5 Å². The van der Waals surface area contributed by atoms with Crippen LogP contribution in [-0.4, -0.2) is 26.5 Å². The number of nitrogens with zero attached hydrogens (tertiary/aromatic N) is 1. The number of benzene rings is 1. The number of fused-ring (bicyclic) bond motifs is 1. The van der Waals surface area contributed by atoms with Crippen molar-refractivity contribution < 1.29 is 9.53 Å². The Kier molecular flexibility index (Phi) is 2.69. The van der Waals surface area contributed by atoms with E-state index in [0.29, 0.717) is 6.61 Å². The first-order valence-corrected chi connectivity index (χ1v) is 5.23. The molecule has 16 heavy (non-hydrogen) atoms. The molecule has 0 bridgehead atoms. The maximum absolute atomic E-state index is 11.3. The van der Waals surface area contributed by atoms with E-state index >= 15 is 0 Å². The highest BCUT2D eigenvalue weighted by Crippen LogP contribution is 2.29. The number of hydrogen-bond donors (Lipinski definition) is 0. The summed E-state index contributed by atoms with van der Waals surface area (Å²) in [5.74, 6) is 0.913. The Morgan fingerprint density at radius 3 is 2.75 bits per heavy atom. The van der Waals surface area contributed by atoms with Crippen molar-refractivity contribution in [2.75, 3.05) is 25.6 Å². The Hall–Kier alpha value is -1.77. The molecule has 2 rings (SSSR count). The van der Waals surface area contributed by atoms with Crippen LogP contribution in [-0.2, 0) is 4.79 Å². The molecule has 0 atom stereocenters. The number of anilines is 1. The summed E-state index contributed by atoms with van der Waals surface area (Å²) >= 11 is 0. The fourth-order valence-corrected chi connectivity index (χ4v) is 1.65. The Bertz CT molecular complexity index is 461. The third-order valence-corrected chi connectivity index (χ3v) is 2.67. The van der Waals surface area contributed by atoms with Gasteiger partial charge in [0.15, 0.2) is 5.78 Å². The average molecular weight is 217 g/mol.